The highest BCUT2D eigenvalue weighted by Gasteiger charge is 2.47. The van der Waals surface area contributed by atoms with Crippen LogP contribution in [0.1, 0.15) is 24.8 Å². The first-order valence-corrected chi connectivity index (χ1v) is 9.01. The quantitative estimate of drug-likeness (QED) is 0.851. The van der Waals surface area contributed by atoms with Gasteiger partial charge in [0, 0.05) is 13.6 Å². The first kappa shape index (κ1) is 18.8. The first-order valence-electron chi connectivity index (χ1n) is 9.01. The van der Waals surface area contributed by atoms with Crippen LogP contribution in [0.5, 0.6) is 0 Å². The molecule has 1 spiro atoms. The van der Waals surface area contributed by atoms with Gasteiger partial charge in [-0.3, -0.25) is 14.5 Å². The van der Waals surface area contributed by atoms with Gasteiger partial charge in [-0.05, 0) is 57.0 Å². The SMILES string of the molecule is Cc1ccc(F)c(NC(=O)CN2CCC3(CC2)CC(O)CN(C)C3=O)c1. The number of piperidine rings is 2. The molecule has 2 fully saturated rings. The summed E-state index contributed by atoms with van der Waals surface area (Å²) < 4.78 is 13.8. The lowest BCUT2D eigenvalue weighted by Crippen LogP contribution is -2.56. The normalized spacial score (nSPS) is 23.3. The number of hydrogen-bond donors (Lipinski definition) is 2. The molecular weight excluding hydrogens is 337 g/mol. The number of benzene rings is 1. The molecule has 1 aromatic rings. The minimum absolute atomic E-state index is 0.0914. The molecule has 1 unspecified atom stereocenters. The van der Waals surface area contributed by atoms with Crippen LogP contribution in [0, 0.1) is 18.2 Å². The zero-order valence-corrected chi connectivity index (χ0v) is 15.3. The number of anilines is 1. The summed E-state index contributed by atoms with van der Waals surface area (Å²) in [6.07, 6.45) is 1.25. The molecular formula is C19H26FN3O3. The minimum atomic E-state index is -0.512. The summed E-state index contributed by atoms with van der Waals surface area (Å²) in [4.78, 5) is 28.4. The Morgan fingerprint density at radius 1 is 1.38 bits per heavy atom. The Balaban J connectivity index is 1.56. The molecule has 1 atom stereocenters. The highest BCUT2D eigenvalue weighted by atomic mass is 19.1. The Morgan fingerprint density at radius 3 is 2.77 bits per heavy atom. The Bertz CT molecular complexity index is 701. The maximum Gasteiger partial charge on any atom is 0.238 e. The van der Waals surface area contributed by atoms with Crippen molar-refractivity contribution in [2.45, 2.75) is 32.3 Å². The highest BCUT2D eigenvalue weighted by molar-refractivity contribution is 5.92. The summed E-state index contributed by atoms with van der Waals surface area (Å²) in [6.45, 7) is 3.60. The Morgan fingerprint density at radius 2 is 2.08 bits per heavy atom. The second-order valence-electron chi connectivity index (χ2n) is 7.63. The first-order chi connectivity index (χ1) is 12.3. The van der Waals surface area contributed by atoms with E-state index >= 15 is 0 Å². The van der Waals surface area contributed by atoms with Crippen molar-refractivity contribution in [3.8, 4) is 0 Å². The van der Waals surface area contributed by atoms with E-state index in [9.17, 15) is 19.1 Å². The molecule has 2 N–H and O–H groups in total. The number of aliphatic hydroxyl groups excluding tert-OH is 1. The van der Waals surface area contributed by atoms with Crippen molar-refractivity contribution in [1.82, 2.24) is 9.80 Å². The summed E-state index contributed by atoms with van der Waals surface area (Å²) in [6, 6.07) is 4.60. The largest absolute Gasteiger partial charge is 0.391 e. The molecule has 0 aromatic heterocycles. The van der Waals surface area contributed by atoms with Crippen LogP contribution in [0.4, 0.5) is 10.1 Å². The summed E-state index contributed by atoms with van der Waals surface area (Å²) in [5.41, 5.74) is 0.554. The van der Waals surface area contributed by atoms with Crippen LogP contribution >= 0.6 is 0 Å². The van der Waals surface area contributed by atoms with Crippen molar-refractivity contribution in [3.63, 3.8) is 0 Å². The van der Waals surface area contributed by atoms with Crippen LogP contribution in [0.15, 0.2) is 18.2 Å². The summed E-state index contributed by atoms with van der Waals surface area (Å²) in [7, 11) is 1.72. The lowest BCUT2D eigenvalue weighted by atomic mass is 9.71. The van der Waals surface area contributed by atoms with Crippen LogP contribution in [0.25, 0.3) is 0 Å². The van der Waals surface area contributed by atoms with Crippen molar-refractivity contribution in [2.24, 2.45) is 5.41 Å². The standard InChI is InChI=1S/C19H26FN3O3/c1-13-3-4-15(20)16(9-13)21-17(25)12-23-7-5-19(6-8-23)10-14(24)11-22(2)18(19)26/h3-4,9,14,24H,5-8,10-12H2,1-2H3,(H,21,25). The van der Waals surface area contributed by atoms with Crippen molar-refractivity contribution >= 4 is 17.5 Å². The molecule has 1 aromatic carbocycles. The average molecular weight is 363 g/mol. The number of rotatable bonds is 3. The maximum absolute atomic E-state index is 13.8. The number of nitrogens with one attached hydrogen (secondary N) is 1. The third-order valence-electron chi connectivity index (χ3n) is 5.49. The number of β-amino-alcohol motifs (C(OH)–C–C–N with tert-alkyl or cyclic N) is 1. The van der Waals surface area contributed by atoms with Gasteiger partial charge in [-0.15, -0.1) is 0 Å². The fraction of sp³-hybridized carbons (Fsp3) is 0.579. The van der Waals surface area contributed by atoms with Crippen molar-refractivity contribution < 1.29 is 19.1 Å². The Hall–Kier alpha value is -1.99. The predicted molar refractivity (Wildman–Crippen MR) is 96.1 cm³/mol. The van der Waals surface area contributed by atoms with E-state index in [4.69, 9.17) is 0 Å². The molecule has 3 rings (SSSR count). The van der Waals surface area contributed by atoms with Crippen molar-refractivity contribution in [1.29, 1.82) is 0 Å². The molecule has 0 radical (unpaired) electrons. The van der Waals surface area contributed by atoms with Gasteiger partial charge >= 0.3 is 0 Å². The van der Waals surface area contributed by atoms with E-state index in [1.807, 2.05) is 11.8 Å². The molecule has 0 bridgehead atoms. The molecule has 2 heterocycles. The van der Waals surface area contributed by atoms with Crippen LogP contribution in [0.3, 0.4) is 0 Å². The van der Waals surface area contributed by atoms with E-state index in [2.05, 4.69) is 5.32 Å². The van der Waals surface area contributed by atoms with Gasteiger partial charge in [-0.2, -0.15) is 0 Å². The predicted octanol–water partition coefficient (Wildman–Crippen LogP) is 1.38. The van der Waals surface area contributed by atoms with Gasteiger partial charge in [0.05, 0.1) is 23.8 Å². The van der Waals surface area contributed by atoms with Crippen molar-refractivity contribution in [3.05, 3.63) is 29.6 Å². The molecule has 0 saturated carbocycles. The third-order valence-corrected chi connectivity index (χ3v) is 5.49. The number of likely N-dealkylation sites (tertiary alicyclic amines) is 2. The molecule has 0 aliphatic carbocycles. The van der Waals surface area contributed by atoms with E-state index in [-0.39, 0.29) is 24.0 Å². The number of carbonyl (C=O) groups excluding carboxylic acids is 2. The van der Waals surface area contributed by atoms with E-state index in [1.54, 1.807) is 24.1 Å². The summed E-state index contributed by atoms with van der Waals surface area (Å²) in [5, 5.41) is 12.7. The highest BCUT2D eigenvalue weighted by Crippen LogP contribution is 2.40. The van der Waals surface area contributed by atoms with Crippen LogP contribution in [-0.4, -0.2) is 66.1 Å². The van der Waals surface area contributed by atoms with Gasteiger partial charge < -0.3 is 15.3 Å². The number of likely N-dealkylation sites (N-methyl/N-ethyl adjacent to an activating group) is 1. The van der Waals surface area contributed by atoms with E-state index < -0.39 is 17.3 Å². The topological polar surface area (TPSA) is 72.9 Å². The molecule has 142 valence electrons. The molecule has 26 heavy (non-hydrogen) atoms. The van der Waals surface area contributed by atoms with Gasteiger partial charge in [0.1, 0.15) is 5.82 Å². The molecule has 6 nitrogen and oxygen atoms in total. The van der Waals surface area contributed by atoms with E-state index in [0.717, 1.165) is 5.56 Å². The summed E-state index contributed by atoms with van der Waals surface area (Å²) in [5.74, 6) is -0.627. The number of halogens is 1. The molecule has 2 amide bonds. The van der Waals surface area contributed by atoms with Gasteiger partial charge in [0.2, 0.25) is 11.8 Å². The second-order valence-corrected chi connectivity index (χ2v) is 7.63. The van der Waals surface area contributed by atoms with Crippen molar-refractivity contribution in [2.75, 3.05) is 38.5 Å². The lowest BCUT2D eigenvalue weighted by molar-refractivity contribution is -0.154. The molecule has 2 saturated heterocycles. The molecule has 2 aliphatic rings. The number of amides is 2. The smallest absolute Gasteiger partial charge is 0.238 e. The zero-order valence-electron chi connectivity index (χ0n) is 15.3. The molecule has 7 heteroatoms. The maximum atomic E-state index is 13.8. The van der Waals surface area contributed by atoms with Crippen LogP contribution in [-0.2, 0) is 9.59 Å². The second kappa shape index (κ2) is 7.32. The minimum Gasteiger partial charge on any atom is -0.391 e. The average Bonchev–Trinajstić information content (AvgIpc) is 2.58. The number of nitrogens with zero attached hydrogens (tertiary/aromatic N) is 2. The summed E-state index contributed by atoms with van der Waals surface area (Å²) >= 11 is 0. The number of aryl methyl sites for hydroxylation is 1. The number of aliphatic hydroxyl groups is 1. The monoisotopic (exact) mass is 363 g/mol. The van der Waals surface area contributed by atoms with E-state index in [1.165, 1.54) is 6.07 Å². The Labute approximate surface area is 153 Å². The third kappa shape index (κ3) is 3.88. The fourth-order valence-electron chi connectivity index (χ4n) is 4.09. The zero-order chi connectivity index (χ0) is 18.9. The van der Waals surface area contributed by atoms with E-state index in [0.29, 0.717) is 38.9 Å². The lowest BCUT2D eigenvalue weighted by Gasteiger charge is -2.46. The van der Waals surface area contributed by atoms with Crippen LogP contribution in [0.2, 0.25) is 0 Å². The Kier molecular flexibility index (Phi) is 5.29. The number of hydrogen-bond acceptors (Lipinski definition) is 4. The van der Waals surface area contributed by atoms with Gasteiger partial charge in [0.15, 0.2) is 0 Å². The number of carbonyl (C=O) groups is 2. The fourth-order valence-corrected chi connectivity index (χ4v) is 4.09. The van der Waals surface area contributed by atoms with Gasteiger partial charge in [-0.1, -0.05) is 6.07 Å². The van der Waals surface area contributed by atoms with Crippen LogP contribution < -0.4 is 5.32 Å². The molecule has 2 aliphatic heterocycles. The van der Waals surface area contributed by atoms with Gasteiger partial charge in [0.25, 0.3) is 0 Å². The van der Waals surface area contributed by atoms with Gasteiger partial charge in [-0.25, -0.2) is 4.39 Å².